The monoisotopic (exact) mass is 1250 g/mol. The fourth-order valence-corrected chi connectivity index (χ4v) is 9.09. The SMILES string of the molecule is CC(C)(C)/C=C/C(C)(C)C.CC(C)(C)/C=C/c1ccc(CC(C)(C)C)cc1.CC(C)(C)C1CCN(C(C)(C)C)CC1.CC(C)(C)CCC(C)(C)C.CC(C)(C)CCCC(C)(C)C.CC(C)(C)c1ccc(C(C)(C)C)cc1.CC(C)(C)c1cnc(C(C)(C)C)nc1. The Morgan fingerprint density at radius 2 is 0.667 bits per heavy atom. The largest absolute Gasteiger partial charge is 0.298 e. The molecular formula is C87H161N3. The first kappa shape index (κ1) is 91.2. The maximum atomic E-state index is 4.41. The molecule has 1 saturated heterocycles. The molecule has 1 aromatic heterocycles. The van der Waals surface area contributed by atoms with Crippen LogP contribution in [-0.2, 0) is 28.1 Å². The summed E-state index contributed by atoms with van der Waals surface area (Å²) in [5.74, 6) is 1.83. The topological polar surface area (TPSA) is 29.0 Å². The Morgan fingerprint density at radius 1 is 0.356 bits per heavy atom. The molecule has 0 amide bonds. The van der Waals surface area contributed by atoms with Crippen LogP contribution in [0.25, 0.3) is 6.08 Å². The molecule has 3 nitrogen and oxygen atoms in total. The van der Waals surface area contributed by atoms with E-state index in [4.69, 9.17) is 0 Å². The van der Waals surface area contributed by atoms with Crippen LogP contribution in [0.2, 0.25) is 0 Å². The molecule has 90 heavy (non-hydrogen) atoms. The zero-order valence-corrected chi connectivity index (χ0v) is 69.1. The van der Waals surface area contributed by atoms with Crippen LogP contribution in [0.3, 0.4) is 0 Å². The van der Waals surface area contributed by atoms with E-state index in [1.807, 2.05) is 12.4 Å². The number of piperidine rings is 1. The number of hydrogen-bond acceptors (Lipinski definition) is 3. The quantitative estimate of drug-likeness (QED) is 0.238. The number of allylic oxidation sites excluding steroid dienone is 3. The lowest BCUT2D eigenvalue weighted by atomic mass is 9.75. The molecule has 1 fully saturated rings. The molecular weight excluding hydrogens is 1090 g/mol. The summed E-state index contributed by atoms with van der Waals surface area (Å²) in [6, 6.07) is 17.9. The van der Waals surface area contributed by atoms with Crippen LogP contribution in [0.4, 0.5) is 0 Å². The number of rotatable bonds is 5. The average molecular weight is 1250 g/mol. The first-order valence-corrected chi connectivity index (χ1v) is 35.6. The van der Waals surface area contributed by atoms with Crippen molar-refractivity contribution in [3.63, 3.8) is 0 Å². The van der Waals surface area contributed by atoms with Crippen LogP contribution in [0, 0.1) is 54.7 Å². The number of hydrogen-bond donors (Lipinski definition) is 0. The number of nitrogens with zero attached hydrogens (tertiary/aromatic N) is 3. The Morgan fingerprint density at radius 3 is 0.900 bits per heavy atom. The summed E-state index contributed by atoms with van der Waals surface area (Å²) < 4.78 is 0. The van der Waals surface area contributed by atoms with Gasteiger partial charge >= 0.3 is 0 Å². The molecule has 2 aromatic carbocycles. The van der Waals surface area contributed by atoms with Crippen molar-refractivity contribution in [3.8, 4) is 0 Å². The predicted molar refractivity (Wildman–Crippen MR) is 414 cm³/mol. The third-order valence-electron chi connectivity index (χ3n) is 15.5. The van der Waals surface area contributed by atoms with Gasteiger partial charge in [0.05, 0.1) is 0 Å². The van der Waals surface area contributed by atoms with E-state index in [2.05, 4.69) is 378 Å². The summed E-state index contributed by atoms with van der Waals surface area (Å²) in [7, 11) is 0. The molecule has 0 saturated carbocycles. The Labute approximate surface area is 567 Å². The zero-order chi connectivity index (χ0) is 72.0. The fourth-order valence-electron chi connectivity index (χ4n) is 9.09. The minimum absolute atomic E-state index is 0.0381. The van der Waals surface area contributed by atoms with Crippen LogP contribution in [0.15, 0.2) is 79.2 Å². The molecule has 2 heterocycles. The van der Waals surface area contributed by atoms with E-state index in [1.165, 1.54) is 85.9 Å². The minimum atomic E-state index is 0.0381. The van der Waals surface area contributed by atoms with Gasteiger partial charge in [-0.05, 0) is 178 Å². The van der Waals surface area contributed by atoms with Gasteiger partial charge < -0.3 is 0 Å². The second-order valence-electron chi connectivity index (χ2n) is 42.5. The number of aromatic nitrogens is 2. The van der Waals surface area contributed by atoms with Gasteiger partial charge in [-0.15, -0.1) is 0 Å². The normalized spacial score (nSPS) is 14.9. The van der Waals surface area contributed by atoms with Gasteiger partial charge in [0.1, 0.15) is 5.82 Å². The highest BCUT2D eigenvalue weighted by Crippen LogP contribution is 2.37. The van der Waals surface area contributed by atoms with Crippen molar-refractivity contribution < 1.29 is 0 Å². The van der Waals surface area contributed by atoms with Crippen LogP contribution >= 0.6 is 0 Å². The predicted octanol–water partition coefficient (Wildman–Crippen LogP) is 28.0. The van der Waals surface area contributed by atoms with E-state index < -0.39 is 0 Å². The third kappa shape index (κ3) is 53.3. The van der Waals surface area contributed by atoms with Gasteiger partial charge in [0.15, 0.2) is 0 Å². The van der Waals surface area contributed by atoms with Crippen molar-refractivity contribution in [1.82, 2.24) is 14.9 Å². The Kier molecular flexibility index (Phi) is 36.6. The van der Waals surface area contributed by atoms with Crippen molar-refractivity contribution in [2.45, 2.75) is 369 Å². The lowest BCUT2D eigenvalue weighted by molar-refractivity contribution is 0.0532. The van der Waals surface area contributed by atoms with E-state index in [1.54, 1.807) is 0 Å². The van der Waals surface area contributed by atoms with Crippen molar-refractivity contribution in [3.05, 3.63) is 113 Å². The first-order valence-electron chi connectivity index (χ1n) is 35.6. The molecule has 0 spiro atoms. The maximum absolute atomic E-state index is 4.41. The van der Waals surface area contributed by atoms with Gasteiger partial charge in [-0.2, -0.15) is 0 Å². The van der Waals surface area contributed by atoms with Gasteiger partial charge in [-0.25, -0.2) is 9.97 Å². The second kappa shape index (κ2) is 36.2. The summed E-state index contributed by atoms with van der Waals surface area (Å²) in [6.07, 6.45) is 23.5. The average Bonchev–Trinajstić information content (AvgIpc) is 1.11. The molecule has 1 aliphatic heterocycles. The summed E-state index contributed by atoms with van der Waals surface area (Å²) in [5.41, 5.74) is 11.6. The summed E-state index contributed by atoms with van der Waals surface area (Å²) in [4.78, 5) is 11.4. The second-order valence-corrected chi connectivity index (χ2v) is 42.5. The smallest absolute Gasteiger partial charge is 0.133 e. The molecule has 1 aliphatic rings. The summed E-state index contributed by atoms with van der Waals surface area (Å²) in [6.45, 7) is 97.6. The minimum Gasteiger partial charge on any atom is -0.298 e. The van der Waals surface area contributed by atoms with E-state index >= 15 is 0 Å². The van der Waals surface area contributed by atoms with Crippen LogP contribution in [0.5, 0.6) is 0 Å². The maximum Gasteiger partial charge on any atom is 0.133 e. The molecule has 0 N–H and O–H groups in total. The van der Waals surface area contributed by atoms with Crippen LogP contribution < -0.4 is 0 Å². The van der Waals surface area contributed by atoms with Crippen molar-refractivity contribution >= 4 is 6.08 Å². The molecule has 0 atom stereocenters. The third-order valence-corrected chi connectivity index (χ3v) is 15.5. The van der Waals surface area contributed by atoms with Gasteiger partial charge in [-0.1, -0.05) is 349 Å². The van der Waals surface area contributed by atoms with E-state index in [-0.39, 0.29) is 27.1 Å². The molecule has 524 valence electrons. The molecule has 0 aliphatic carbocycles. The van der Waals surface area contributed by atoms with E-state index in [0.29, 0.717) is 48.9 Å². The van der Waals surface area contributed by atoms with Crippen LogP contribution in [0.1, 0.15) is 369 Å². The van der Waals surface area contributed by atoms with Crippen molar-refractivity contribution in [2.75, 3.05) is 13.1 Å². The van der Waals surface area contributed by atoms with Gasteiger partial charge in [0.2, 0.25) is 0 Å². The highest BCUT2D eigenvalue weighted by Gasteiger charge is 2.32. The van der Waals surface area contributed by atoms with Gasteiger partial charge in [-0.3, -0.25) is 4.90 Å². The Balaban J connectivity index is -0.000000989. The van der Waals surface area contributed by atoms with Crippen molar-refractivity contribution in [2.24, 2.45) is 54.7 Å². The van der Waals surface area contributed by atoms with E-state index in [9.17, 15) is 0 Å². The fraction of sp³-hybridized carbons (Fsp3) is 0.770. The Bertz CT molecular complexity index is 2180. The highest BCUT2D eigenvalue weighted by molar-refractivity contribution is 5.50. The first-order chi connectivity index (χ1) is 39.4. The molecule has 0 unspecified atom stereocenters. The highest BCUT2D eigenvalue weighted by atomic mass is 15.2. The van der Waals surface area contributed by atoms with Crippen LogP contribution in [-0.4, -0.2) is 33.5 Å². The lowest BCUT2D eigenvalue weighted by Gasteiger charge is -2.44. The molecule has 0 radical (unpaired) electrons. The number of likely N-dealkylation sites (tertiary alicyclic amines) is 1. The molecule has 3 heteroatoms. The van der Waals surface area contributed by atoms with Gasteiger partial charge in [0, 0.05) is 23.3 Å². The van der Waals surface area contributed by atoms with Crippen molar-refractivity contribution in [1.29, 1.82) is 0 Å². The molecule has 0 bridgehead atoms. The van der Waals surface area contributed by atoms with E-state index in [0.717, 1.165) is 18.2 Å². The lowest BCUT2D eigenvalue weighted by Crippen LogP contribution is -2.47. The number of benzene rings is 2. The zero-order valence-electron chi connectivity index (χ0n) is 69.1. The summed E-state index contributed by atoms with van der Waals surface area (Å²) in [5, 5.41) is 0. The molecule has 4 rings (SSSR count). The molecule has 3 aromatic rings. The Hall–Kier alpha value is -3.04. The van der Waals surface area contributed by atoms with Gasteiger partial charge in [0.25, 0.3) is 0 Å². The standard InChI is InChI=1S/C17H26.C14H22.C13H27N.C12H20N2.C11H24.C10H22.C10H20/c1-16(2,3)12-11-14-7-9-15(10-8-14)13-17(4,5)6;1-13(2,3)11-7-9-12(10-8-11)14(4,5)6;1-12(2,3)11-7-9-14(10-8-11)13(4,5)6;1-11(2,3)9-7-13-10(14-8-9)12(4,5)6;1-10(2,3)8-7-9-11(4,5)6;2*1-9(2,3)7-8-10(4,5)6/h7-12H,13H2,1-6H3;7-10H,1-6H3;11H,7-10H2,1-6H3;7-8H,1-6H3;7-9H2,1-6H3;7-8H2,1-6H3;7-8H,1-6H3/b12-11+;;;;;;8-7+. The summed E-state index contributed by atoms with van der Waals surface area (Å²) >= 11 is 0.